The molecule has 2 aromatic heterocycles. The first-order valence-electron chi connectivity index (χ1n) is 15.1. The Balaban J connectivity index is 0.00000676. The summed E-state index contributed by atoms with van der Waals surface area (Å²) in [5.41, 5.74) is 4.30. The molecule has 284 valence electrons. The van der Waals surface area contributed by atoms with E-state index in [-0.39, 0.29) is 101 Å². The van der Waals surface area contributed by atoms with E-state index in [9.17, 15) is 53.1 Å². The number of carbonyl (C=O) groups is 2. The molecule has 0 aliphatic carbocycles. The number of nitrogen functional groups attached to an aromatic ring is 1. The van der Waals surface area contributed by atoms with Gasteiger partial charge in [0, 0.05) is 24.7 Å². The molecule has 0 bridgehead atoms. The summed E-state index contributed by atoms with van der Waals surface area (Å²) in [5.74, 6) is 1.05. The number of phosphoric acid groups is 3. The minimum Gasteiger partial charge on any atom is -0.756 e. The molecule has 6 N–H and O–H groups in total. The number of phosphoric ester groups is 3. The number of nitrogens with two attached hydrogens (primary N) is 1. The number of thioether (sulfide) groups is 1. The summed E-state index contributed by atoms with van der Waals surface area (Å²) in [6.07, 6.45) is -5.44. The Kier molecular flexibility index (Phi) is 21.0. The van der Waals surface area contributed by atoms with Gasteiger partial charge in [-0.15, -0.1) is 0 Å². The molecule has 0 radical (unpaired) electrons. The summed E-state index contributed by atoms with van der Waals surface area (Å²) in [6, 6.07) is 0. The van der Waals surface area contributed by atoms with E-state index < -0.39 is 78.5 Å². The zero-order valence-corrected chi connectivity index (χ0v) is 36.7. The average molecular weight is 838 g/mol. The van der Waals surface area contributed by atoms with Gasteiger partial charge in [0.05, 0.1) is 19.5 Å². The third kappa shape index (κ3) is 15.3. The first-order chi connectivity index (χ1) is 23.2. The Labute approximate surface area is 347 Å². The number of Topliss-reactive ketones (excluding diaryl/α,β-unsaturated/α-hetero) is 2. The number of fused-ring (bicyclic) bond motifs is 1. The van der Waals surface area contributed by atoms with Crippen LogP contribution in [-0.2, 0) is 45.9 Å². The molecule has 3 unspecified atom stereocenters. The monoisotopic (exact) mass is 837 g/mol. The molecule has 0 amide bonds. The van der Waals surface area contributed by atoms with E-state index in [1.165, 1.54) is 13.8 Å². The first kappa shape index (κ1) is 50.3. The van der Waals surface area contributed by atoms with Gasteiger partial charge < -0.3 is 49.3 Å². The van der Waals surface area contributed by atoms with E-state index in [0.717, 1.165) is 35.1 Å². The fourth-order valence-corrected chi connectivity index (χ4v) is 8.15. The Bertz CT molecular complexity index is 1640. The number of aliphatic hydroxyl groups excluding tert-OH is 2. The van der Waals surface area contributed by atoms with Gasteiger partial charge in [-0.3, -0.25) is 27.8 Å². The predicted octanol–water partition coefficient (Wildman–Crippen LogP) is -5.63. The summed E-state index contributed by atoms with van der Waals surface area (Å²) in [6.45, 7) is 2.49. The van der Waals surface area contributed by atoms with Crippen LogP contribution in [0.2, 0.25) is 0 Å². The number of nitrogens with zero attached hydrogens (tertiary/aromatic N) is 4. The molecule has 1 fully saturated rings. The molecule has 1 aliphatic heterocycles. The molecule has 3 heterocycles. The molecule has 0 spiro atoms. The number of carbonyl (C=O) groups excluding carboxylic acids is 2. The topological polar surface area (TPSA) is 328 Å². The second-order valence-electron chi connectivity index (χ2n) is 11.8. The van der Waals surface area contributed by atoms with Crippen molar-refractivity contribution in [3.05, 3.63) is 12.7 Å². The predicted molar refractivity (Wildman–Crippen MR) is 171 cm³/mol. The largest absolute Gasteiger partial charge is 1.00 e. The van der Waals surface area contributed by atoms with Gasteiger partial charge in [0.15, 0.2) is 23.5 Å². The quantitative estimate of drug-likeness (QED) is 0.0419. The van der Waals surface area contributed by atoms with Crippen molar-refractivity contribution in [1.29, 1.82) is 0 Å². The average Bonchev–Trinajstić information content (AvgIpc) is 3.57. The molecular weight excluding hydrogens is 797 g/mol. The van der Waals surface area contributed by atoms with E-state index in [2.05, 4.69) is 32.8 Å². The van der Waals surface area contributed by atoms with Crippen LogP contribution >= 0.6 is 35.2 Å². The molecule has 1 saturated heterocycles. The summed E-state index contributed by atoms with van der Waals surface area (Å²) < 4.78 is 61.1. The Morgan fingerprint density at radius 2 is 1.71 bits per heavy atom. The molecule has 52 heavy (non-hydrogen) atoms. The summed E-state index contributed by atoms with van der Waals surface area (Å²) >= 11 is 1.71. The van der Waals surface area contributed by atoms with Crippen LogP contribution in [0.4, 0.5) is 5.82 Å². The van der Waals surface area contributed by atoms with Crippen LogP contribution in [0.1, 0.15) is 59.1 Å². The van der Waals surface area contributed by atoms with Crippen molar-refractivity contribution in [3.8, 4) is 0 Å². The second kappa shape index (κ2) is 21.7. The molecule has 7 atom stereocenters. The molecule has 0 saturated carbocycles. The van der Waals surface area contributed by atoms with E-state index in [4.69, 9.17) is 10.5 Å². The van der Waals surface area contributed by atoms with E-state index in [1.807, 2.05) is 6.92 Å². The minimum atomic E-state index is -5.83. The maximum absolute atomic E-state index is 12.5. The molecule has 0 aromatic carbocycles. The van der Waals surface area contributed by atoms with Crippen LogP contribution in [0.3, 0.4) is 0 Å². The maximum Gasteiger partial charge on any atom is 1.00 e. The number of rotatable bonds is 22. The van der Waals surface area contributed by atoms with Crippen LogP contribution < -0.4 is 74.6 Å². The van der Waals surface area contributed by atoms with Crippen molar-refractivity contribution in [1.82, 2.24) is 19.5 Å². The number of imidazole rings is 1. The third-order valence-corrected chi connectivity index (χ3v) is 11.3. The van der Waals surface area contributed by atoms with Gasteiger partial charge in [0.25, 0.3) is 15.6 Å². The second-order valence-corrected chi connectivity index (χ2v) is 17.3. The number of aromatic nitrogens is 4. The fourth-order valence-electron chi connectivity index (χ4n) is 4.76. The van der Waals surface area contributed by atoms with Crippen molar-refractivity contribution in [2.24, 2.45) is 5.41 Å². The number of ketones is 2. The van der Waals surface area contributed by atoms with Crippen molar-refractivity contribution < 1.29 is 135 Å². The van der Waals surface area contributed by atoms with Crippen LogP contribution in [0.15, 0.2) is 12.7 Å². The summed E-state index contributed by atoms with van der Waals surface area (Å²) in [4.78, 5) is 79.9. The zero-order chi connectivity index (χ0) is 37.5. The van der Waals surface area contributed by atoms with Crippen LogP contribution in [-0.4, -0.2) is 100 Å². The third-order valence-electron chi connectivity index (χ3n) is 7.29. The van der Waals surface area contributed by atoms with Gasteiger partial charge >= 0.3 is 66.9 Å². The molecule has 27 heteroatoms. The van der Waals surface area contributed by atoms with Crippen molar-refractivity contribution in [2.75, 3.05) is 30.5 Å². The Hall–Kier alpha value is 0.290. The zero-order valence-electron chi connectivity index (χ0n) is 29.2. The Morgan fingerprint density at radius 3 is 2.35 bits per heavy atom. The first-order valence-corrected chi connectivity index (χ1v) is 20.7. The molecule has 3 rings (SSSR count). The Morgan fingerprint density at radius 1 is 1.08 bits per heavy atom. The molecular formula is C25H40N5Na2O16P3S. The number of aliphatic hydroxyl groups is 2. The van der Waals surface area contributed by atoms with Gasteiger partial charge in [-0.2, -0.15) is 11.8 Å². The minimum absolute atomic E-state index is 0. The number of hydrogen-bond donors (Lipinski definition) is 5. The van der Waals surface area contributed by atoms with Crippen molar-refractivity contribution in [3.63, 3.8) is 0 Å². The normalized spacial score (nSPS) is 22.2. The SMILES string of the molecule is CCSCCCC(=O)CCCC(=O)[C@H](O)C(C)(C)COP(=O)([O-])OP(=O)([O-])OC[C@H]1O[C@@H](n2cnc3c(N)ncnc32)[C@@H](O)C1OP(=O)(O)O.[Na+].[Na+]. The van der Waals surface area contributed by atoms with Crippen molar-refractivity contribution in [2.45, 2.75) is 83.5 Å². The van der Waals surface area contributed by atoms with E-state index >= 15 is 0 Å². The molecule has 2 aromatic rings. The van der Waals surface area contributed by atoms with Crippen LogP contribution in [0.5, 0.6) is 0 Å². The van der Waals surface area contributed by atoms with Gasteiger partial charge in [-0.1, -0.05) is 20.8 Å². The van der Waals surface area contributed by atoms with Gasteiger partial charge in [-0.25, -0.2) is 23.8 Å². The maximum atomic E-state index is 12.5. The van der Waals surface area contributed by atoms with Gasteiger partial charge in [0.2, 0.25) is 0 Å². The van der Waals surface area contributed by atoms with Gasteiger partial charge in [0.1, 0.15) is 42.0 Å². The standard InChI is InChI=1S/C25H42N5O16P3S.2Na/c1-4-50-10-6-8-15(31)7-5-9-16(32)21(34)25(2,3)12-43-49(40,41)46-48(38,39)42-11-17-20(45-47(35,36)37)19(33)24(44-17)30-14-29-18-22(26)27-13-28-23(18)30;;/h13-14,17,19-21,24,33-34H,4-12H2,1-3H3,(H,38,39)(H,40,41)(H2,26,27,28)(H2,35,36,37);;/q;2*+1/p-2/t17-,19+,20?,21+,24-;;/m1../s1. The van der Waals surface area contributed by atoms with E-state index in [0.29, 0.717) is 6.42 Å². The number of hydrogen-bond acceptors (Lipinski definition) is 19. The smallest absolute Gasteiger partial charge is 0.756 e. The fraction of sp³-hybridized carbons (Fsp3) is 0.720. The number of ether oxygens (including phenoxy) is 1. The van der Waals surface area contributed by atoms with Crippen molar-refractivity contribution >= 4 is 63.8 Å². The van der Waals surface area contributed by atoms with Crippen LogP contribution in [0, 0.1) is 5.41 Å². The van der Waals surface area contributed by atoms with Crippen LogP contribution in [0.25, 0.3) is 11.2 Å². The summed E-state index contributed by atoms with van der Waals surface area (Å²) in [7, 11) is -16.9. The molecule has 21 nitrogen and oxygen atoms in total. The number of anilines is 1. The van der Waals surface area contributed by atoms with E-state index in [1.54, 1.807) is 11.8 Å². The van der Waals surface area contributed by atoms with Gasteiger partial charge in [-0.05, 0) is 24.3 Å². The molecule has 1 aliphatic rings. The summed E-state index contributed by atoms with van der Waals surface area (Å²) in [5, 5.41) is 21.3.